The molecule has 0 aliphatic rings. The Labute approximate surface area is 221 Å². The summed E-state index contributed by atoms with van der Waals surface area (Å²) in [5.41, 5.74) is 3.03. The standard InChI is InChI=1S/C31H42N2O4/c1-8-30(4,5)22-16-17-26(24(20-22)31(6,7)9-2)37-19-13-18-33-27(21-28(34)36-10-3)32-25-15-12-11-14-23(25)29(33)35/h11-12,14-17,20H,8-10,13,18-19,21H2,1-7H3. The molecule has 200 valence electrons. The number of aromatic nitrogens is 2. The van der Waals surface area contributed by atoms with Crippen LogP contribution in [0.2, 0.25) is 0 Å². The van der Waals surface area contributed by atoms with Crippen molar-refractivity contribution >= 4 is 16.9 Å². The van der Waals surface area contributed by atoms with Crippen LogP contribution in [0.15, 0.2) is 47.3 Å². The zero-order valence-electron chi connectivity index (χ0n) is 23.5. The number of fused-ring (bicyclic) bond motifs is 1. The van der Waals surface area contributed by atoms with Gasteiger partial charge in [0.2, 0.25) is 0 Å². The fourth-order valence-corrected chi connectivity index (χ4v) is 4.33. The fourth-order valence-electron chi connectivity index (χ4n) is 4.33. The second-order valence-electron chi connectivity index (χ2n) is 10.9. The van der Waals surface area contributed by atoms with Gasteiger partial charge in [-0.15, -0.1) is 0 Å². The number of carbonyl (C=O) groups excluding carboxylic acids is 1. The van der Waals surface area contributed by atoms with Crippen LogP contribution in [-0.2, 0) is 33.3 Å². The van der Waals surface area contributed by atoms with Crippen LogP contribution in [0.1, 0.15) is 84.7 Å². The zero-order chi connectivity index (χ0) is 27.2. The number of rotatable bonds is 12. The smallest absolute Gasteiger partial charge is 0.313 e. The molecule has 1 aromatic heterocycles. The number of hydrogen-bond acceptors (Lipinski definition) is 5. The fraction of sp³-hybridized carbons (Fsp3) is 0.516. The van der Waals surface area contributed by atoms with Crippen LogP contribution in [0.4, 0.5) is 0 Å². The van der Waals surface area contributed by atoms with E-state index in [0.29, 0.717) is 36.3 Å². The number of ether oxygens (including phenoxy) is 2. The molecule has 0 spiro atoms. The molecule has 0 atom stereocenters. The lowest BCUT2D eigenvalue weighted by Crippen LogP contribution is -2.28. The Bertz CT molecular complexity index is 1290. The van der Waals surface area contributed by atoms with Crippen molar-refractivity contribution in [1.82, 2.24) is 9.55 Å². The summed E-state index contributed by atoms with van der Waals surface area (Å²) in [6.07, 6.45) is 2.61. The van der Waals surface area contributed by atoms with Gasteiger partial charge in [-0.3, -0.25) is 14.2 Å². The predicted octanol–water partition coefficient (Wildman–Crippen LogP) is 6.35. The Morgan fingerprint density at radius 1 is 0.973 bits per heavy atom. The SMILES string of the molecule is CCOC(=O)Cc1nc2ccccc2c(=O)n1CCCOc1ccc(C(C)(C)CC)cc1C(C)(C)CC. The number of benzene rings is 2. The Hall–Kier alpha value is -3.15. The molecular weight excluding hydrogens is 464 g/mol. The highest BCUT2D eigenvalue weighted by atomic mass is 16.5. The number of hydrogen-bond donors (Lipinski definition) is 0. The third kappa shape index (κ3) is 6.60. The maximum Gasteiger partial charge on any atom is 0.313 e. The zero-order valence-corrected chi connectivity index (χ0v) is 23.5. The van der Waals surface area contributed by atoms with Crippen molar-refractivity contribution in [3.63, 3.8) is 0 Å². The van der Waals surface area contributed by atoms with Gasteiger partial charge in [0.1, 0.15) is 18.0 Å². The van der Waals surface area contributed by atoms with Gasteiger partial charge in [0.15, 0.2) is 0 Å². The molecule has 2 aromatic carbocycles. The minimum Gasteiger partial charge on any atom is -0.493 e. The number of para-hydroxylation sites is 1. The molecule has 1 heterocycles. The Kier molecular flexibility index (Phi) is 9.16. The Morgan fingerprint density at radius 2 is 1.68 bits per heavy atom. The molecule has 6 heteroatoms. The van der Waals surface area contributed by atoms with E-state index in [1.165, 1.54) is 11.1 Å². The van der Waals surface area contributed by atoms with Gasteiger partial charge < -0.3 is 9.47 Å². The van der Waals surface area contributed by atoms with Gasteiger partial charge >= 0.3 is 5.97 Å². The van der Waals surface area contributed by atoms with Crippen LogP contribution in [-0.4, -0.2) is 28.7 Å². The van der Waals surface area contributed by atoms with E-state index in [9.17, 15) is 9.59 Å². The van der Waals surface area contributed by atoms with E-state index in [-0.39, 0.29) is 29.4 Å². The van der Waals surface area contributed by atoms with E-state index < -0.39 is 5.97 Å². The topological polar surface area (TPSA) is 70.4 Å². The molecule has 0 bridgehead atoms. The van der Waals surface area contributed by atoms with Gasteiger partial charge in [-0.2, -0.15) is 0 Å². The first-order chi connectivity index (χ1) is 17.5. The monoisotopic (exact) mass is 506 g/mol. The molecule has 0 aliphatic heterocycles. The van der Waals surface area contributed by atoms with Gasteiger partial charge in [-0.1, -0.05) is 65.8 Å². The number of nitrogens with zero attached hydrogens (tertiary/aromatic N) is 2. The maximum atomic E-state index is 13.3. The summed E-state index contributed by atoms with van der Waals surface area (Å²) in [7, 11) is 0. The first kappa shape index (κ1) is 28.4. The molecule has 0 fully saturated rings. The van der Waals surface area contributed by atoms with Crippen LogP contribution >= 0.6 is 0 Å². The predicted molar refractivity (Wildman–Crippen MR) is 150 cm³/mol. The van der Waals surface area contributed by atoms with Crippen molar-refractivity contribution in [3.8, 4) is 5.75 Å². The highest BCUT2D eigenvalue weighted by molar-refractivity contribution is 5.78. The summed E-state index contributed by atoms with van der Waals surface area (Å²) in [5, 5.41) is 0.539. The van der Waals surface area contributed by atoms with Crippen LogP contribution in [0.5, 0.6) is 5.75 Å². The minimum absolute atomic E-state index is 0.0266. The van der Waals surface area contributed by atoms with Crippen LogP contribution < -0.4 is 10.3 Å². The summed E-state index contributed by atoms with van der Waals surface area (Å²) >= 11 is 0. The highest BCUT2D eigenvalue weighted by Crippen LogP contribution is 2.38. The summed E-state index contributed by atoms with van der Waals surface area (Å²) < 4.78 is 13.0. The van der Waals surface area contributed by atoms with E-state index in [2.05, 4.69) is 64.7 Å². The van der Waals surface area contributed by atoms with E-state index in [0.717, 1.165) is 18.6 Å². The first-order valence-electron chi connectivity index (χ1n) is 13.5. The maximum absolute atomic E-state index is 13.3. The summed E-state index contributed by atoms with van der Waals surface area (Å²) in [6, 6.07) is 13.8. The molecule has 37 heavy (non-hydrogen) atoms. The Morgan fingerprint density at radius 3 is 2.35 bits per heavy atom. The molecule has 0 radical (unpaired) electrons. The molecule has 0 unspecified atom stereocenters. The lowest BCUT2D eigenvalue weighted by Gasteiger charge is -2.30. The van der Waals surface area contributed by atoms with Gasteiger partial charge in [0.25, 0.3) is 5.56 Å². The van der Waals surface area contributed by atoms with Crippen molar-refractivity contribution < 1.29 is 14.3 Å². The molecule has 0 aliphatic carbocycles. The summed E-state index contributed by atoms with van der Waals surface area (Å²) in [4.78, 5) is 30.1. The average molecular weight is 507 g/mol. The molecular formula is C31H42N2O4. The molecule has 3 rings (SSSR count). The van der Waals surface area contributed by atoms with Crippen LogP contribution in [0, 0.1) is 0 Å². The van der Waals surface area contributed by atoms with Crippen molar-refractivity contribution in [3.05, 3.63) is 69.8 Å². The van der Waals surface area contributed by atoms with Crippen LogP contribution in [0.3, 0.4) is 0 Å². The Balaban J connectivity index is 1.83. The first-order valence-corrected chi connectivity index (χ1v) is 13.5. The third-order valence-electron chi connectivity index (χ3n) is 7.59. The minimum atomic E-state index is -0.392. The molecule has 0 N–H and O–H groups in total. The molecule has 0 amide bonds. The van der Waals surface area contributed by atoms with E-state index >= 15 is 0 Å². The quantitative estimate of drug-likeness (QED) is 0.212. The number of esters is 1. The second kappa shape index (κ2) is 11.9. The highest BCUT2D eigenvalue weighted by Gasteiger charge is 2.26. The van der Waals surface area contributed by atoms with Crippen molar-refractivity contribution in [2.24, 2.45) is 0 Å². The van der Waals surface area contributed by atoms with Gasteiger partial charge in [0.05, 0.1) is 24.1 Å². The molecule has 3 aromatic rings. The lowest BCUT2D eigenvalue weighted by molar-refractivity contribution is -0.142. The largest absolute Gasteiger partial charge is 0.493 e. The van der Waals surface area contributed by atoms with Crippen LogP contribution in [0.25, 0.3) is 10.9 Å². The molecule has 0 saturated heterocycles. The number of carbonyl (C=O) groups is 1. The second-order valence-corrected chi connectivity index (χ2v) is 10.9. The normalized spacial score (nSPS) is 12.1. The van der Waals surface area contributed by atoms with Crippen molar-refractivity contribution in [1.29, 1.82) is 0 Å². The van der Waals surface area contributed by atoms with E-state index in [4.69, 9.17) is 9.47 Å². The third-order valence-corrected chi connectivity index (χ3v) is 7.59. The van der Waals surface area contributed by atoms with E-state index in [1.807, 2.05) is 12.1 Å². The van der Waals surface area contributed by atoms with E-state index in [1.54, 1.807) is 23.6 Å². The molecule has 6 nitrogen and oxygen atoms in total. The lowest BCUT2D eigenvalue weighted by atomic mass is 9.76. The average Bonchev–Trinajstić information content (AvgIpc) is 2.88. The summed E-state index contributed by atoms with van der Waals surface area (Å²) in [5.74, 6) is 0.913. The van der Waals surface area contributed by atoms with Gasteiger partial charge in [0, 0.05) is 12.1 Å². The van der Waals surface area contributed by atoms with Gasteiger partial charge in [-0.05, 0) is 60.8 Å². The van der Waals surface area contributed by atoms with Gasteiger partial charge in [-0.25, -0.2) is 4.98 Å². The van der Waals surface area contributed by atoms with Crippen molar-refractivity contribution in [2.45, 2.75) is 91.5 Å². The summed E-state index contributed by atoms with van der Waals surface area (Å²) in [6.45, 7) is 16.4. The molecule has 0 saturated carbocycles. The van der Waals surface area contributed by atoms with Crippen molar-refractivity contribution in [2.75, 3.05) is 13.2 Å².